The van der Waals surface area contributed by atoms with Crippen LogP contribution in [0.4, 0.5) is 0 Å². The zero-order valence-corrected chi connectivity index (χ0v) is 11.0. The van der Waals surface area contributed by atoms with Crippen molar-refractivity contribution in [3.8, 4) is 0 Å². The van der Waals surface area contributed by atoms with Crippen molar-refractivity contribution < 1.29 is 4.79 Å². The van der Waals surface area contributed by atoms with Gasteiger partial charge in [-0.25, -0.2) is 0 Å². The molecule has 0 aliphatic rings. The number of carbonyl (C=O) groups is 1. The number of Topliss-reactive ketones (excluding diaryl/α,β-unsaturated/α-hetero) is 1. The lowest BCUT2D eigenvalue weighted by Gasteiger charge is -2.05. The van der Waals surface area contributed by atoms with E-state index in [4.69, 9.17) is 0 Å². The van der Waals surface area contributed by atoms with Gasteiger partial charge in [0, 0.05) is 36.0 Å². The van der Waals surface area contributed by atoms with Crippen molar-refractivity contribution >= 4 is 16.7 Å². The Bertz CT molecular complexity index is 733. The van der Waals surface area contributed by atoms with Crippen LogP contribution in [0.2, 0.25) is 0 Å². The van der Waals surface area contributed by atoms with Crippen LogP contribution in [-0.2, 0) is 6.42 Å². The van der Waals surface area contributed by atoms with Crippen molar-refractivity contribution in [1.82, 2.24) is 9.97 Å². The van der Waals surface area contributed by atoms with E-state index in [9.17, 15) is 4.79 Å². The number of hydrogen-bond donors (Lipinski definition) is 0. The summed E-state index contributed by atoms with van der Waals surface area (Å²) in [6, 6.07) is 13.4. The molecule has 0 amide bonds. The largest absolute Gasteiger partial charge is 0.294 e. The van der Waals surface area contributed by atoms with E-state index in [-0.39, 0.29) is 5.78 Å². The minimum Gasteiger partial charge on any atom is -0.294 e. The first-order valence-corrected chi connectivity index (χ1v) is 6.60. The number of aromatic nitrogens is 2. The summed E-state index contributed by atoms with van der Waals surface area (Å²) in [5, 5.41) is 0.922. The molecule has 0 N–H and O–H groups in total. The van der Waals surface area contributed by atoms with Crippen LogP contribution in [0.15, 0.2) is 61.1 Å². The Labute approximate surface area is 117 Å². The maximum atomic E-state index is 12.4. The van der Waals surface area contributed by atoms with E-state index in [0.717, 1.165) is 22.0 Å². The molecule has 0 spiro atoms. The normalized spacial score (nSPS) is 10.6. The van der Waals surface area contributed by atoms with Gasteiger partial charge in [0.2, 0.25) is 0 Å². The maximum absolute atomic E-state index is 12.4. The minimum absolute atomic E-state index is 0.146. The average molecular weight is 262 g/mol. The van der Waals surface area contributed by atoms with Crippen LogP contribution in [0.5, 0.6) is 0 Å². The van der Waals surface area contributed by atoms with Crippen LogP contribution in [0.1, 0.15) is 22.3 Å². The molecule has 3 aromatic rings. The third-order valence-electron chi connectivity index (χ3n) is 3.31. The van der Waals surface area contributed by atoms with Gasteiger partial charge >= 0.3 is 0 Å². The first kappa shape index (κ1) is 12.5. The van der Waals surface area contributed by atoms with Crippen LogP contribution in [0.25, 0.3) is 10.9 Å². The van der Waals surface area contributed by atoms with Crippen LogP contribution >= 0.6 is 0 Å². The number of aryl methyl sites for hydroxylation is 1. The van der Waals surface area contributed by atoms with Crippen molar-refractivity contribution in [2.45, 2.75) is 12.8 Å². The summed E-state index contributed by atoms with van der Waals surface area (Å²) in [5.41, 5.74) is 2.69. The molecule has 98 valence electrons. The quantitative estimate of drug-likeness (QED) is 0.676. The molecule has 2 aromatic heterocycles. The lowest BCUT2D eigenvalue weighted by atomic mass is 10.00. The number of rotatable bonds is 4. The molecule has 3 rings (SSSR count). The molecule has 3 heteroatoms. The Balaban J connectivity index is 1.82. The fourth-order valence-electron chi connectivity index (χ4n) is 2.29. The highest BCUT2D eigenvalue weighted by molar-refractivity contribution is 6.07. The number of carbonyl (C=O) groups excluding carboxylic acids is 1. The predicted octanol–water partition coefficient (Wildman–Crippen LogP) is 3.45. The fraction of sp³-hybridized carbons (Fsp3) is 0.118. The van der Waals surface area contributed by atoms with Crippen molar-refractivity contribution in [2.75, 3.05) is 0 Å². The van der Waals surface area contributed by atoms with E-state index in [1.54, 1.807) is 18.6 Å². The second-order valence-electron chi connectivity index (χ2n) is 4.66. The zero-order valence-electron chi connectivity index (χ0n) is 11.0. The molecular formula is C17H14N2O. The van der Waals surface area contributed by atoms with Crippen molar-refractivity contribution in [1.29, 1.82) is 0 Å². The smallest absolute Gasteiger partial charge is 0.163 e. The van der Waals surface area contributed by atoms with Gasteiger partial charge in [-0.05, 0) is 30.2 Å². The number of hydrogen-bond acceptors (Lipinski definition) is 3. The van der Waals surface area contributed by atoms with Gasteiger partial charge in [-0.3, -0.25) is 14.8 Å². The molecule has 0 bridgehead atoms. The average Bonchev–Trinajstić information content (AvgIpc) is 2.53. The molecule has 0 fully saturated rings. The molecule has 20 heavy (non-hydrogen) atoms. The number of pyridine rings is 2. The van der Waals surface area contributed by atoms with Gasteiger partial charge in [0.25, 0.3) is 0 Å². The molecule has 0 atom stereocenters. The van der Waals surface area contributed by atoms with Gasteiger partial charge < -0.3 is 0 Å². The standard InChI is InChI=1S/C17H14N2O/c20-17(9-8-13-4-2-10-18-12-13)15-5-1-7-16-14(15)6-3-11-19-16/h1-7,10-12H,8-9H2. The van der Waals surface area contributed by atoms with Gasteiger partial charge in [-0.15, -0.1) is 0 Å². The first-order valence-electron chi connectivity index (χ1n) is 6.60. The highest BCUT2D eigenvalue weighted by Crippen LogP contribution is 2.18. The Kier molecular flexibility index (Phi) is 3.50. The molecule has 3 nitrogen and oxygen atoms in total. The molecular weight excluding hydrogens is 248 g/mol. The van der Waals surface area contributed by atoms with Crippen LogP contribution in [-0.4, -0.2) is 15.8 Å². The molecule has 2 heterocycles. The molecule has 0 unspecified atom stereocenters. The lowest BCUT2D eigenvalue weighted by Crippen LogP contribution is -2.02. The Morgan fingerprint density at radius 2 is 1.90 bits per heavy atom. The third kappa shape index (κ3) is 2.57. The van der Waals surface area contributed by atoms with E-state index in [0.29, 0.717) is 12.8 Å². The highest BCUT2D eigenvalue weighted by Gasteiger charge is 2.10. The van der Waals surface area contributed by atoms with E-state index in [1.807, 2.05) is 42.5 Å². The van der Waals surface area contributed by atoms with Crippen molar-refractivity contribution in [3.63, 3.8) is 0 Å². The number of fused-ring (bicyclic) bond motifs is 1. The van der Waals surface area contributed by atoms with Crippen LogP contribution in [0.3, 0.4) is 0 Å². The highest BCUT2D eigenvalue weighted by atomic mass is 16.1. The SMILES string of the molecule is O=C(CCc1cccnc1)c1cccc2ncccc12. The Hall–Kier alpha value is -2.55. The summed E-state index contributed by atoms with van der Waals surface area (Å²) in [6.07, 6.45) is 6.48. The molecule has 0 radical (unpaired) electrons. The van der Waals surface area contributed by atoms with E-state index in [1.165, 1.54) is 0 Å². The lowest BCUT2D eigenvalue weighted by molar-refractivity contribution is 0.0984. The molecule has 1 aromatic carbocycles. The maximum Gasteiger partial charge on any atom is 0.163 e. The van der Waals surface area contributed by atoms with Crippen LogP contribution < -0.4 is 0 Å². The first-order chi connectivity index (χ1) is 9.84. The summed E-state index contributed by atoms with van der Waals surface area (Å²) >= 11 is 0. The van der Waals surface area contributed by atoms with Gasteiger partial charge in [0.05, 0.1) is 5.52 Å². The predicted molar refractivity (Wildman–Crippen MR) is 78.6 cm³/mol. The van der Waals surface area contributed by atoms with Crippen molar-refractivity contribution in [2.24, 2.45) is 0 Å². The molecule has 0 aliphatic heterocycles. The number of benzene rings is 1. The Morgan fingerprint density at radius 3 is 2.75 bits per heavy atom. The van der Waals surface area contributed by atoms with E-state index in [2.05, 4.69) is 9.97 Å². The topological polar surface area (TPSA) is 42.9 Å². The molecule has 0 aliphatic carbocycles. The molecule has 0 saturated carbocycles. The summed E-state index contributed by atoms with van der Waals surface area (Å²) in [6.45, 7) is 0. The van der Waals surface area contributed by atoms with Crippen LogP contribution in [0, 0.1) is 0 Å². The summed E-state index contributed by atoms with van der Waals surface area (Å²) in [7, 11) is 0. The van der Waals surface area contributed by atoms with Gasteiger partial charge in [0.15, 0.2) is 5.78 Å². The summed E-state index contributed by atoms with van der Waals surface area (Å²) < 4.78 is 0. The summed E-state index contributed by atoms with van der Waals surface area (Å²) in [5.74, 6) is 0.146. The van der Waals surface area contributed by atoms with E-state index < -0.39 is 0 Å². The number of ketones is 1. The zero-order chi connectivity index (χ0) is 13.8. The third-order valence-corrected chi connectivity index (χ3v) is 3.31. The molecule has 0 saturated heterocycles. The van der Waals surface area contributed by atoms with Gasteiger partial charge in [-0.2, -0.15) is 0 Å². The fourth-order valence-corrected chi connectivity index (χ4v) is 2.29. The summed E-state index contributed by atoms with van der Waals surface area (Å²) in [4.78, 5) is 20.7. The van der Waals surface area contributed by atoms with Crippen molar-refractivity contribution in [3.05, 3.63) is 72.2 Å². The van der Waals surface area contributed by atoms with Gasteiger partial charge in [0.1, 0.15) is 0 Å². The minimum atomic E-state index is 0.146. The number of nitrogens with zero attached hydrogens (tertiary/aromatic N) is 2. The Morgan fingerprint density at radius 1 is 1.00 bits per heavy atom. The monoisotopic (exact) mass is 262 g/mol. The second kappa shape index (κ2) is 5.61. The second-order valence-corrected chi connectivity index (χ2v) is 4.66. The van der Waals surface area contributed by atoms with E-state index >= 15 is 0 Å². The van der Waals surface area contributed by atoms with Gasteiger partial charge in [-0.1, -0.05) is 24.3 Å².